The van der Waals surface area contributed by atoms with Gasteiger partial charge in [0.15, 0.2) is 9.84 Å². The molecule has 6 heteroatoms. The Morgan fingerprint density at radius 3 is 2.18 bits per heavy atom. The Balaban J connectivity index is 1.78. The van der Waals surface area contributed by atoms with Gasteiger partial charge in [-0.05, 0) is 24.3 Å². The molecule has 2 heterocycles. The monoisotopic (exact) mass is 317 g/mol. The van der Waals surface area contributed by atoms with E-state index < -0.39 is 9.84 Å². The van der Waals surface area contributed by atoms with Crippen LogP contribution in [0.1, 0.15) is 0 Å². The molecular weight excluding hydrogens is 298 g/mol. The standard InChI is InChI=1S/C16H19N3O2S/c1-22(20,21)15-8-5-9-17-16(15)19-12-10-18(11-13-19)14-6-3-2-4-7-14/h2-9H,10-13H2,1H3. The third kappa shape index (κ3) is 3.06. The maximum atomic E-state index is 11.9. The summed E-state index contributed by atoms with van der Waals surface area (Å²) in [5, 5.41) is 0. The summed E-state index contributed by atoms with van der Waals surface area (Å²) in [5.74, 6) is 0.567. The lowest BCUT2D eigenvalue weighted by atomic mass is 10.2. The Morgan fingerprint density at radius 1 is 0.909 bits per heavy atom. The number of hydrogen-bond acceptors (Lipinski definition) is 5. The third-order valence-electron chi connectivity index (χ3n) is 3.85. The highest BCUT2D eigenvalue weighted by Gasteiger charge is 2.23. The molecule has 1 saturated heterocycles. The molecule has 0 atom stereocenters. The first-order valence-electron chi connectivity index (χ1n) is 7.26. The summed E-state index contributed by atoms with van der Waals surface area (Å²) >= 11 is 0. The first-order chi connectivity index (χ1) is 10.6. The normalized spacial score (nSPS) is 15.9. The molecule has 0 N–H and O–H groups in total. The Bertz CT molecular complexity index is 739. The molecule has 1 aliphatic heterocycles. The lowest BCUT2D eigenvalue weighted by molar-refractivity contribution is 0.598. The third-order valence-corrected chi connectivity index (χ3v) is 4.97. The second kappa shape index (κ2) is 5.96. The van der Waals surface area contributed by atoms with Crippen LogP contribution in [-0.2, 0) is 9.84 Å². The minimum absolute atomic E-state index is 0.308. The molecule has 0 spiro atoms. The Labute approximate surface area is 131 Å². The molecule has 1 aliphatic rings. The van der Waals surface area contributed by atoms with Gasteiger partial charge in [0.05, 0.1) is 0 Å². The smallest absolute Gasteiger partial charge is 0.179 e. The Kier molecular flexibility index (Phi) is 4.02. The van der Waals surface area contributed by atoms with E-state index >= 15 is 0 Å². The van der Waals surface area contributed by atoms with E-state index in [-0.39, 0.29) is 0 Å². The molecule has 116 valence electrons. The molecule has 0 aliphatic carbocycles. The molecule has 1 fully saturated rings. The van der Waals surface area contributed by atoms with Crippen molar-refractivity contribution < 1.29 is 8.42 Å². The number of nitrogens with zero attached hydrogens (tertiary/aromatic N) is 3. The van der Waals surface area contributed by atoms with Gasteiger partial charge in [-0.3, -0.25) is 0 Å². The lowest BCUT2D eigenvalue weighted by Crippen LogP contribution is -2.47. The maximum absolute atomic E-state index is 11.9. The van der Waals surface area contributed by atoms with Gasteiger partial charge in [0, 0.05) is 44.3 Å². The number of anilines is 2. The van der Waals surface area contributed by atoms with E-state index in [1.807, 2.05) is 18.2 Å². The van der Waals surface area contributed by atoms with Crippen molar-refractivity contribution in [1.82, 2.24) is 4.98 Å². The predicted molar refractivity (Wildman–Crippen MR) is 88.2 cm³/mol. The van der Waals surface area contributed by atoms with E-state index in [1.54, 1.807) is 18.3 Å². The second-order valence-electron chi connectivity index (χ2n) is 5.41. The fourth-order valence-electron chi connectivity index (χ4n) is 2.72. The van der Waals surface area contributed by atoms with Gasteiger partial charge < -0.3 is 9.80 Å². The van der Waals surface area contributed by atoms with Crippen LogP contribution in [0.4, 0.5) is 11.5 Å². The number of pyridine rings is 1. The molecule has 0 unspecified atom stereocenters. The quantitative estimate of drug-likeness (QED) is 0.864. The highest BCUT2D eigenvalue weighted by Crippen LogP contribution is 2.24. The summed E-state index contributed by atoms with van der Waals surface area (Å²) < 4.78 is 23.8. The highest BCUT2D eigenvalue weighted by molar-refractivity contribution is 7.90. The minimum atomic E-state index is -3.27. The predicted octanol–water partition coefficient (Wildman–Crippen LogP) is 1.81. The van der Waals surface area contributed by atoms with Crippen molar-refractivity contribution in [3.8, 4) is 0 Å². The van der Waals surface area contributed by atoms with Crippen LogP contribution in [0.3, 0.4) is 0 Å². The molecule has 22 heavy (non-hydrogen) atoms. The number of para-hydroxylation sites is 1. The second-order valence-corrected chi connectivity index (χ2v) is 7.39. The van der Waals surface area contributed by atoms with Crippen LogP contribution in [0.15, 0.2) is 53.6 Å². The van der Waals surface area contributed by atoms with Crippen LogP contribution >= 0.6 is 0 Å². The number of hydrogen-bond donors (Lipinski definition) is 0. The van der Waals surface area contributed by atoms with E-state index in [1.165, 1.54) is 11.9 Å². The SMILES string of the molecule is CS(=O)(=O)c1cccnc1N1CCN(c2ccccc2)CC1. The Morgan fingerprint density at radius 2 is 1.55 bits per heavy atom. The average molecular weight is 317 g/mol. The van der Waals surface area contributed by atoms with E-state index in [4.69, 9.17) is 0 Å². The highest BCUT2D eigenvalue weighted by atomic mass is 32.2. The summed E-state index contributed by atoms with van der Waals surface area (Å²) in [4.78, 5) is 8.96. The first kappa shape index (κ1) is 14.8. The van der Waals surface area contributed by atoms with E-state index in [0.29, 0.717) is 10.7 Å². The fraction of sp³-hybridized carbons (Fsp3) is 0.312. The van der Waals surface area contributed by atoms with Crippen LogP contribution < -0.4 is 9.80 Å². The minimum Gasteiger partial charge on any atom is -0.368 e. The van der Waals surface area contributed by atoms with Gasteiger partial charge in [0.2, 0.25) is 0 Å². The summed E-state index contributed by atoms with van der Waals surface area (Å²) in [6.45, 7) is 3.22. The molecule has 0 saturated carbocycles. The zero-order valence-corrected chi connectivity index (χ0v) is 13.3. The van der Waals surface area contributed by atoms with Crippen molar-refractivity contribution >= 4 is 21.3 Å². The number of benzene rings is 1. The number of sulfone groups is 1. The van der Waals surface area contributed by atoms with Gasteiger partial charge in [0.1, 0.15) is 10.7 Å². The first-order valence-corrected chi connectivity index (χ1v) is 9.15. The topological polar surface area (TPSA) is 53.5 Å². The molecule has 2 aromatic rings. The van der Waals surface area contributed by atoms with Gasteiger partial charge >= 0.3 is 0 Å². The van der Waals surface area contributed by atoms with E-state index in [9.17, 15) is 8.42 Å². The van der Waals surface area contributed by atoms with E-state index in [0.717, 1.165) is 26.2 Å². The summed E-state index contributed by atoms with van der Waals surface area (Å²) in [6.07, 6.45) is 2.88. The molecule has 0 bridgehead atoms. The van der Waals surface area contributed by atoms with Crippen LogP contribution in [0.5, 0.6) is 0 Å². The molecule has 1 aromatic carbocycles. The van der Waals surface area contributed by atoms with Crippen molar-refractivity contribution in [2.45, 2.75) is 4.90 Å². The summed E-state index contributed by atoms with van der Waals surface area (Å²) in [6, 6.07) is 13.6. The van der Waals surface area contributed by atoms with Crippen LogP contribution in [0, 0.1) is 0 Å². The van der Waals surface area contributed by atoms with Crippen molar-refractivity contribution in [1.29, 1.82) is 0 Å². The van der Waals surface area contributed by atoms with Crippen molar-refractivity contribution in [3.63, 3.8) is 0 Å². The Hall–Kier alpha value is -2.08. The van der Waals surface area contributed by atoms with Crippen LogP contribution in [-0.4, -0.2) is 45.8 Å². The molecule has 0 radical (unpaired) electrons. The molecule has 5 nitrogen and oxygen atoms in total. The number of rotatable bonds is 3. The maximum Gasteiger partial charge on any atom is 0.179 e. The lowest BCUT2D eigenvalue weighted by Gasteiger charge is -2.37. The van der Waals surface area contributed by atoms with Gasteiger partial charge in [-0.25, -0.2) is 13.4 Å². The zero-order valence-electron chi connectivity index (χ0n) is 12.5. The summed E-state index contributed by atoms with van der Waals surface area (Å²) in [7, 11) is -3.27. The van der Waals surface area contributed by atoms with Crippen molar-refractivity contribution in [2.75, 3.05) is 42.2 Å². The zero-order chi connectivity index (χ0) is 15.6. The summed E-state index contributed by atoms with van der Waals surface area (Å²) in [5.41, 5.74) is 1.20. The number of aromatic nitrogens is 1. The average Bonchev–Trinajstić information content (AvgIpc) is 2.55. The molecule has 3 rings (SSSR count). The van der Waals surface area contributed by atoms with Gasteiger partial charge in [-0.1, -0.05) is 18.2 Å². The number of piperazine rings is 1. The van der Waals surface area contributed by atoms with Crippen LogP contribution in [0.25, 0.3) is 0 Å². The fourth-order valence-corrected chi connectivity index (χ4v) is 3.56. The van der Waals surface area contributed by atoms with Crippen LogP contribution in [0.2, 0.25) is 0 Å². The van der Waals surface area contributed by atoms with Gasteiger partial charge in [0.25, 0.3) is 0 Å². The van der Waals surface area contributed by atoms with E-state index in [2.05, 4.69) is 26.9 Å². The molecular formula is C16H19N3O2S. The van der Waals surface area contributed by atoms with Crippen molar-refractivity contribution in [3.05, 3.63) is 48.7 Å². The molecule has 1 aromatic heterocycles. The van der Waals surface area contributed by atoms with Crippen molar-refractivity contribution in [2.24, 2.45) is 0 Å². The molecule has 0 amide bonds. The largest absolute Gasteiger partial charge is 0.368 e. The van der Waals surface area contributed by atoms with Gasteiger partial charge in [-0.15, -0.1) is 0 Å². The van der Waals surface area contributed by atoms with Gasteiger partial charge in [-0.2, -0.15) is 0 Å².